The zero-order chi connectivity index (χ0) is 24.0. The molecule has 0 saturated heterocycles. The Bertz CT molecular complexity index is 1170. The molecule has 3 aromatic rings. The van der Waals surface area contributed by atoms with Gasteiger partial charge >= 0.3 is 0 Å². The molecule has 0 amide bonds. The lowest BCUT2D eigenvalue weighted by Gasteiger charge is -2.18. The molecule has 7 heteroatoms. The van der Waals surface area contributed by atoms with Crippen LogP contribution in [-0.2, 0) is 5.41 Å². The van der Waals surface area contributed by atoms with Crippen LogP contribution in [0.1, 0.15) is 31.9 Å². The van der Waals surface area contributed by atoms with Gasteiger partial charge in [0.25, 0.3) is 0 Å². The van der Waals surface area contributed by atoms with Crippen molar-refractivity contribution in [2.24, 2.45) is 10.1 Å². The molecule has 0 radical (unpaired) electrons. The van der Waals surface area contributed by atoms with Crippen LogP contribution < -0.4 is 19.0 Å². The average Bonchev–Trinajstić information content (AvgIpc) is 3.22. The standard InChI is InChI=1S/C26H31N3O3S/c1-8-13-27-25-29(28-16-18-9-11-20(12-10-18)26(2,3)4)21(17-33-25)19-14-22(30-5)24(32-7)23(15-19)31-6/h8-12,14-17H,1,13H2,2-7H3. The number of hydrogen-bond donors (Lipinski definition) is 0. The molecule has 0 fully saturated rings. The third-order valence-electron chi connectivity index (χ3n) is 5.10. The van der Waals surface area contributed by atoms with Crippen molar-refractivity contribution < 1.29 is 14.2 Å². The second-order valence-corrected chi connectivity index (χ2v) is 9.21. The van der Waals surface area contributed by atoms with Gasteiger partial charge < -0.3 is 14.2 Å². The molecule has 3 rings (SSSR count). The largest absolute Gasteiger partial charge is 0.493 e. The normalized spacial score (nSPS) is 12.2. The Hall–Kier alpha value is -3.32. The Kier molecular flexibility index (Phi) is 7.76. The van der Waals surface area contributed by atoms with Gasteiger partial charge in [-0.1, -0.05) is 51.1 Å². The quantitative estimate of drug-likeness (QED) is 0.326. The molecule has 1 aromatic heterocycles. The number of rotatable bonds is 8. The summed E-state index contributed by atoms with van der Waals surface area (Å²) in [6.07, 6.45) is 3.60. The third-order valence-corrected chi connectivity index (χ3v) is 5.95. The molecule has 0 aliphatic heterocycles. The van der Waals surface area contributed by atoms with Gasteiger partial charge in [-0.2, -0.15) is 5.10 Å². The first-order valence-electron chi connectivity index (χ1n) is 10.6. The van der Waals surface area contributed by atoms with Crippen molar-refractivity contribution in [2.45, 2.75) is 26.2 Å². The molecule has 0 atom stereocenters. The van der Waals surface area contributed by atoms with E-state index in [4.69, 9.17) is 19.3 Å². The summed E-state index contributed by atoms with van der Waals surface area (Å²) < 4.78 is 18.4. The van der Waals surface area contributed by atoms with E-state index in [0.717, 1.165) is 21.6 Å². The minimum atomic E-state index is 0.105. The summed E-state index contributed by atoms with van der Waals surface area (Å²) in [5.74, 6) is 1.70. The lowest BCUT2D eigenvalue weighted by Crippen LogP contribution is -2.13. The van der Waals surface area contributed by atoms with E-state index in [2.05, 4.69) is 56.6 Å². The number of nitrogens with zero attached hydrogens (tertiary/aromatic N) is 3. The fraction of sp³-hybridized carbons (Fsp3) is 0.308. The van der Waals surface area contributed by atoms with E-state index in [1.807, 2.05) is 28.4 Å². The van der Waals surface area contributed by atoms with Crippen molar-refractivity contribution in [2.75, 3.05) is 27.9 Å². The van der Waals surface area contributed by atoms with Crippen LogP contribution in [0, 0.1) is 0 Å². The molecule has 0 aliphatic carbocycles. The monoisotopic (exact) mass is 465 g/mol. The van der Waals surface area contributed by atoms with Crippen LogP contribution in [0.4, 0.5) is 0 Å². The summed E-state index contributed by atoms with van der Waals surface area (Å²) in [6, 6.07) is 12.3. The van der Waals surface area contributed by atoms with E-state index in [0.29, 0.717) is 23.8 Å². The van der Waals surface area contributed by atoms with Gasteiger partial charge in [-0.25, -0.2) is 4.68 Å². The minimum Gasteiger partial charge on any atom is -0.493 e. The lowest BCUT2D eigenvalue weighted by molar-refractivity contribution is 0.324. The molecule has 0 bridgehead atoms. The summed E-state index contributed by atoms with van der Waals surface area (Å²) in [7, 11) is 4.80. The lowest BCUT2D eigenvalue weighted by atomic mass is 9.87. The van der Waals surface area contributed by atoms with Crippen LogP contribution in [0.5, 0.6) is 17.2 Å². The molecule has 0 unspecified atom stereocenters. The predicted octanol–water partition coefficient (Wildman–Crippen LogP) is 5.51. The number of thiazole rings is 1. The highest BCUT2D eigenvalue weighted by molar-refractivity contribution is 7.07. The molecular weight excluding hydrogens is 434 g/mol. The predicted molar refractivity (Wildman–Crippen MR) is 136 cm³/mol. The fourth-order valence-corrected chi connectivity index (χ4v) is 4.13. The van der Waals surface area contributed by atoms with E-state index in [9.17, 15) is 0 Å². The number of ether oxygens (including phenoxy) is 3. The topological polar surface area (TPSA) is 57.3 Å². The highest BCUT2D eigenvalue weighted by Gasteiger charge is 2.17. The maximum Gasteiger partial charge on any atom is 0.206 e. The molecule has 174 valence electrons. The van der Waals surface area contributed by atoms with Crippen molar-refractivity contribution in [3.05, 3.63) is 70.4 Å². The molecule has 2 aromatic carbocycles. The van der Waals surface area contributed by atoms with Crippen LogP contribution >= 0.6 is 11.3 Å². The summed E-state index contributed by atoms with van der Waals surface area (Å²) in [6.45, 7) is 10.9. The van der Waals surface area contributed by atoms with E-state index < -0.39 is 0 Å². The van der Waals surface area contributed by atoms with E-state index in [-0.39, 0.29) is 5.41 Å². The molecule has 0 aliphatic rings. The van der Waals surface area contributed by atoms with Crippen LogP contribution in [0.15, 0.2) is 64.5 Å². The summed E-state index contributed by atoms with van der Waals surface area (Å²) in [5, 5.41) is 6.79. The number of methoxy groups -OCH3 is 3. The van der Waals surface area contributed by atoms with Gasteiger partial charge in [-0.05, 0) is 28.7 Å². The number of hydrogen-bond acceptors (Lipinski definition) is 6. The van der Waals surface area contributed by atoms with Crippen LogP contribution in [0.25, 0.3) is 11.3 Å². The SMILES string of the molecule is C=CCN=c1scc(-c2cc(OC)c(OC)c(OC)c2)n1N=Cc1ccc(C(C)(C)C)cc1. The second kappa shape index (κ2) is 10.5. The summed E-state index contributed by atoms with van der Waals surface area (Å²) in [5.41, 5.74) is 4.13. The Morgan fingerprint density at radius 1 is 1.00 bits per heavy atom. The van der Waals surface area contributed by atoms with Gasteiger partial charge in [0.1, 0.15) is 0 Å². The van der Waals surface area contributed by atoms with Crippen LogP contribution in [0.3, 0.4) is 0 Å². The zero-order valence-corrected chi connectivity index (χ0v) is 20.9. The summed E-state index contributed by atoms with van der Waals surface area (Å²) >= 11 is 1.51. The first kappa shape index (κ1) is 24.3. The Morgan fingerprint density at radius 2 is 1.64 bits per heavy atom. The van der Waals surface area contributed by atoms with Crippen molar-refractivity contribution in [1.29, 1.82) is 0 Å². The van der Waals surface area contributed by atoms with Gasteiger partial charge in [0.2, 0.25) is 10.6 Å². The average molecular weight is 466 g/mol. The Labute approximate surface area is 199 Å². The first-order valence-corrected chi connectivity index (χ1v) is 11.5. The molecule has 33 heavy (non-hydrogen) atoms. The molecule has 1 heterocycles. The van der Waals surface area contributed by atoms with Crippen molar-refractivity contribution >= 4 is 17.6 Å². The number of benzene rings is 2. The maximum absolute atomic E-state index is 5.53. The van der Waals surface area contributed by atoms with Crippen LogP contribution in [0.2, 0.25) is 0 Å². The maximum atomic E-state index is 5.53. The molecular formula is C26H31N3O3S. The van der Waals surface area contributed by atoms with Crippen LogP contribution in [-0.4, -0.2) is 38.8 Å². The van der Waals surface area contributed by atoms with Gasteiger partial charge in [-0.15, -0.1) is 17.9 Å². The molecule has 6 nitrogen and oxygen atoms in total. The smallest absolute Gasteiger partial charge is 0.206 e. The Morgan fingerprint density at radius 3 is 2.15 bits per heavy atom. The van der Waals surface area contributed by atoms with Gasteiger partial charge in [0, 0.05) is 10.9 Å². The second-order valence-electron chi connectivity index (χ2n) is 8.38. The first-order chi connectivity index (χ1) is 15.8. The minimum absolute atomic E-state index is 0.105. The molecule has 0 saturated carbocycles. The van der Waals surface area contributed by atoms with Crippen molar-refractivity contribution in [1.82, 2.24) is 4.68 Å². The fourth-order valence-electron chi connectivity index (χ4n) is 3.28. The Balaban J connectivity index is 2.10. The van der Waals surface area contributed by atoms with Crippen molar-refractivity contribution in [3.63, 3.8) is 0 Å². The summed E-state index contributed by atoms with van der Waals surface area (Å²) in [4.78, 5) is 5.38. The van der Waals surface area contributed by atoms with E-state index >= 15 is 0 Å². The van der Waals surface area contributed by atoms with Gasteiger partial charge in [-0.3, -0.25) is 4.99 Å². The highest BCUT2D eigenvalue weighted by atomic mass is 32.1. The van der Waals surface area contributed by atoms with E-state index in [1.165, 1.54) is 16.9 Å². The van der Waals surface area contributed by atoms with E-state index in [1.54, 1.807) is 27.4 Å². The van der Waals surface area contributed by atoms with Gasteiger partial charge in [0.05, 0.1) is 39.8 Å². The zero-order valence-electron chi connectivity index (χ0n) is 20.1. The molecule has 0 N–H and O–H groups in total. The molecule has 0 spiro atoms. The highest BCUT2D eigenvalue weighted by Crippen LogP contribution is 2.41. The third kappa shape index (κ3) is 5.54. The van der Waals surface area contributed by atoms with Crippen molar-refractivity contribution in [3.8, 4) is 28.5 Å². The number of aromatic nitrogens is 1. The van der Waals surface area contributed by atoms with Gasteiger partial charge in [0.15, 0.2) is 11.5 Å².